The predicted octanol–water partition coefficient (Wildman–Crippen LogP) is 6.93. The van der Waals surface area contributed by atoms with Crippen LogP contribution < -0.4 is 24.9 Å². The van der Waals surface area contributed by atoms with Crippen molar-refractivity contribution in [1.29, 1.82) is 0 Å². The van der Waals surface area contributed by atoms with Crippen molar-refractivity contribution in [2.75, 3.05) is 11.9 Å². The topological polar surface area (TPSA) is 77.6 Å². The number of carbonyl (C=O) groups excluding carboxylic acids is 1. The van der Waals surface area contributed by atoms with Crippen molar-refractivity contribution in [1.82, 2.24) is 9.13 Å². The molecule has 7 rings (SSSR count). The first-order valence-corrected chi connectivity index (χ1v) is 16.5. The van der Waals surface area contributed by atoms with Crippen LogP contribution in [0.2, 0.25) is 5.02 Å². The van der Waals surface area contributed by atoms with Gasteiger partial charge in [0.1, 0.15) is 5.75 Å². The molecular weight excluding hydrogens is 628 g/mol. The van der Waals surface area contributed by atoms with Gasteiger partial charge in [-0.2, -0.15) is 0 Å². The molecule has 1 aliphatic heterocycles. The summed E-state index contributed by atoms with van der Waals surface area (Å²) in [5, 5.41) is 4.72. The summed E-state index contributed by atoms with van der Waals surface area (Å²) in [6, 6.07) is 32.1. The molecule has 1 aliphatic rings. The Balaban J connectivity index is 1.35. The van der Waals surface area contributed by atoms with Crippen LogP contribution in [0.5, 0.6) is 5.75 Å². The van der Waals surface area contributed by atoms with Crippen LogP contribution in [0.1, 0.15) is 36.6 Å². The number of para-hydroxylation sites is 2. The summed E-state index contributed by atoms with van der Waals surface area (Å²) in [6.07, 6.45) is 4.00. The fourth-order valence-electron chi connectivity index (χ4n) is 6.05. The van der Waals surface area contributed by atoms with Gasteiger partial charge in [-0.15, -0.1) is 0 Å². The third kappa shape index (κ3) is 6.05. The second-order valence-electron chi connectivity index (χ2n) is 11.3. The summed E-state index contributed by atoms with van der Waals surface area (Å²) >= 11 is 7.60. The molecule has 6 aromatic rings. The number of carbonyl (C=O) groups is 1. The molecule has 0 aliphatic carbocycles. The van der Waals surface area contributed by atoms with E-state index in [1.807, 2.05) is 111 Å². The molecular formula is C38H31ClN4O3S. The highest BCUT2D eigenvalue weighted by Gasteiger charge is 2.32. The molecule has 47 heavy (non-hydrogen) atoms. The molecule has 1 atom stereocenters. The first kappa shape index (κ1) is 30.5. The number of nitrogens with zero attached hydrogens (tertiary/aromatic N) is 3. The largest absolute Gasteiger partial charge is 0.494 e. The fourth-order valence-corrected chi connectivity index (χ4v) is 7.30. The van der Waals surface area contributed by atoms with Crippen molar-refractivity contribution in [3.63, 3.8) is 0 Å². The smallest absolute Gasteiger partial charge is 0.271 e. The fraction of sp³-hybridized carbons (Fsp3) is 0.132. The maximum Gasteiger partial charge on any atom is 0.271 e. The molecule has 0 saturated heterocycles. The van der Waals surface area contributed by atoms with E-state index in [-0.39, 0.29) is 11.5 Å². The molecule has 9 heteroatoms. The molecule has 0 bridgehead atoms. The molecule has 0 saturated carbocycles. The number of benzene rings is 4. The number of halogens is 1. The number of allylic oxidation sites excluding steroid dienone is 1. The number of hydrogen-bond acceptors (Lipinski definition) is 5. The van der Waals surface area contributed by atoms with Crippen LogP contribution in [0.4, 0.5) is 5.69 Å². The highest BCUT2D eigenvalue weighted by molar-refractivity contribution is 7.07. The van der Waals surface area contributed by atoms with Gasteiger partial charge >= 0.3 is 0 Å². The second kappa shape index (κ2) is 12.9. The highest BCUT2D eigenvalue weighted by Crippen LogP contribution is 2.32. The Labute approximate surface area is 280 Å². The zero-order valence-corrected chi connectivity index (χ0v) is 27.4. The maximum atomic E-state index is 14.4. The van der Waals surface area contributed by atoms with Gasteiger partial charge < -0.3 is 14.6 Å². The lowest BCUT2D eigenvalue weighted by Gasteiger charge is -2.25. The van der Waals surface area contributed by atoms with Gasteiger partial charge in [-0.1, -0.05) is 83.6 Å². The molecule has 234 valence electrons. The van der Waals surface area contributed by atoms with Gasteiger partial charge in [-0.05, 0) is 73.5 Å². The van der Waals surface area contributed by atoms with Gasteiger partial charge in [0.2, 0.25) is 0 Å². The Bertz CT molecular complexity index is 2340. The van der Waals surface area contributed by atoms with E-state index in [1.54, 1.807) is 4.57 Å². The molecule has 0 unspecified atom stereocenters. The number of fused-ring (bicyclic) bond motifs is 2. The van der Waals surface area contributed by atoms with Crippen LogP contribution in [-0.2, 0) is 11.3 Å². The lowest BCUT2D eigenvalue weighted by Crippen LogP contribution is -2.40. The standard InChI is InChI=1S/C38H31ClN4O3S/c1-3-46-30-18-16-26(17-19-30)35-34(36(44)41-29-12-5-4-6-13-29)24(2)40-38-43(35)37(45)33(47-38)21-27-23-42(32-15-8-7-14-31(27)32)22-25-10-9-11-28(39)20-25/h4-21,23,35H,3,22H2,1-2H3,(H,41,44)/b33-21-/t35-/m1/s1. The molecule has 0 spiro atoms. The average Bonchev–Trinajstić information content (AvgIpc) is 3.57. The van der Waals surface area contributed by atoms with E-state index in [1.165, 1.54) is 11.3 Å². The zero-order valence-electron chi connectivity index (χ0n) is 25.8. The van der Waals surface area contributed by atoms with Crippen molar-refractivity contribution in [3.05, 3.63) is 162 Å². The molecule has 0 radical (unpaired) electrons. The second-order valence-corrected chi connectivity index (χ2v) is 12.7. The van der Waals surface area contributed by atoms with Crippen LogP contribution in [0.25, 0.3) is 17.0 Å². The normalized spacial score (nSPS) is 14.6. The predicted molar refractivity (Wildman–Crippen MR) is 189 cm³/mol. The van der Waals surface area contributed by atoms with Gasteiger partial charge in [0.15, 0.2) is 4.80 Å². The number of thiazole rings is 1. The quantitative estimate of drug-likeness (QED) is 0.193. The van der Waals surface area contributed by atoms with Gasteiger partial charge in [0, 0.05) is 39.9 Å². The van der Waals surface area contributed by atoms with E-state index in [0.717, 1.165) is 27.6 Å². The van der Waals surface area contributed by atoms with E-state index >= 15 is 0 Å². The van der Waals surface area contributed by atoms with Crippen molar-refractivity contribution in [2.45, 2.75) is 26.4 Å². The van der Waals surface area contributed by atoms with Crippen LogP contribution >= 0.6 is 22.9 Å². The number of anilines is 1. The molecule has 1 N–H and O–H groups in total. The summed E-state index contributed by atoms with van der Waals surface area (Å²) in [5.41, 5.74) is 5.26. The Hall–Kier alpha value is -5.18. The van der Waals surface area contributed by atoms with Crippen LogP contribution in [-0.4, -0.2) is 21.6 Å². The molecule has 3 heterocycles. The van der Waals surface area contributed by atoms with E-state index in [9.17, 15) is 9.59 Å². The van der Waals surface area contributed by atoms with Gasteiger partial charge in [-0.25, -0.2) is 4.99 Å². The van der Waals surface area contributed by atoms with Crippen molar-refractivity contribution in [2.24, 2.45) is 4.99 Å². The minimum absolute atomic E-state index is 0.211. The van der Waals surface area contributed by atoms with Crippen molar-refractivity contribution >= 4 is 51.5 Å². The molecule has 4 aromatic carbocycles. The summed E-state index contributed by atoms with van der Waals surface area (Å²) in [5.74, 6) is 0.406. The lowest BCUT2D eigenvalue weighted by atomic mass is 9.95. The third-order valence-electron chi connectivity index (χ3n) is 8.15. The first-order valence-electron chi connectivity index (χ1n) is 15.3. The zero-order chi connectivity index (χ0) is 32.5. The highest BCUT2D eigenvalue weighted by atomic mass is 35.5. The van der Waals surface area contributed by atoms with Gasteiger partial charge in [-0.3, -0.25) is 14.2 Å². The first-order chi connectivity index (χ1) is 22.9. The van der Waals surface area contributed by atoms with E-state index < -0.39 is 6.04 Å². The number of ether oxygens (including phenoxy) is 1. The van der Waals surface area contributed by atoms with Crippen molar-refractivity contribution < 1.29 is 9.53 Å². The number of amides is 1. The minimum Gasteiger partial charge on any atom is -0.494 e. The maximum absolute atomic E-state index is 14.4. The average molecular weight is 659 g/mol. The Morgan fingerprint density at radius 2 is 1.77 bits per heavy atom. The third-order valence-corrected chi connectivity index (χ3v) is 9.37. The Morgan fingerprint density at radius 1 is 1.00 bits per heavy atom. The SMILES string of the molecule is CCOc1ccc([C@@H]2C(C(=O)Nc3ccccc3)=C(C)N=c3s/c(=C\c4cn(Cc5cccc(Cl)c5)c5ccccc45)c(=O)n32)cc1. The number of aromatic nitrogens is 2. The number of hydrogen-bond donors (Lipinski definition) is 1. The van der Waals surface area contributed by atoms with Crippen LogP contribution in [0.15, 0.2) is 130 Å². The van der Waals surface area contributed by atoms with Crippen LogP contribution in [0, 0.1) is 0 Å². The summed E-state index contributed by atoms with van der Waals surface area (Å²) in [6.45, 7) is 4.92. The minimum atomic E-state index is -0.683. The van der Waals surface area contributed by atoms with Gasteiger partial charge in [0.05, 0.1) is 28.5 Å². The molecule has 0 fully saturated rings. The van der Waals surface area contributed by atoms with Gasteiger partial charge in [0.25, 0.3) is 11.5 Å². The Kier molecular flexibility index (Phi) is 8.37. The molecule has 1 amide bonds. The number of nitrogens with one attached hydrogen (secondary N) is 1. The molecule has 7 nitrogen and oxygen atoms in total. The summed E-state index contributed by atoms with van der Waals surface area (Å²) in [4.78, 5) is 33.6. The lowest BCUT2D eigenvalue weighted by molar-refractivity contribution is -0.113. The number of rotatable bonds is 8. The van der Waals surface area contributed by atoms with E-state index in [4.69, 9.17) is 21.3 Å². The monoisotopic (exact) mass is 658 g/mol. The van der Waals surface area contributed by atoms with E-state index in [0.29, 0.717) is 50.2 Å². The van der Waals surface area contributed by atoms with Crippen molar-refractivity contribution in [3.8, 4) is 5.75 Å². The van der Waals surface area contributed by atoms with Crippen LogP contribution in [0.3, 0.4) is 0 Å². The molecule has 2 aromatic heterocycles. The summed E-state index contributed by atoms with van der Waals surface area (Å²) < 4.78 is 10.0. The Morgan fingerprint density at radius 3 is 2.53 bits per heavy atom. The summed E-state index contributed by atoms with van der Waals surface area (Å²) in [7, 11) is 0. The van der Waals surface area contributed by atoms with E-state index in [2.05, 4.69) is 28.2 Å².